The molecule has 2 heteroatoms. The van der Waals surface area contributed by atoms with Crippen LogP contribution < -0.4 is 0 Å². The van der Waals surface area contributed by atoms with Gasteiger partial charge >= 0.3 is 0 Å². The summed E-state index contributed by atoms with van der Waals surface area (Å²) in [5.74, 6) is 1.03. The van der Waals surface area contributed by atoms with E-state index in [1.807, 2.05) is 13.8 Å². The molecule has 0 atom stereocenters. The standard InChI is InChI=1S/C11H13NO/c1-4-10-6-9-5-7(2)12-8(3)11(9)13-10/h5-6H,4H2,1-3H3. The van der Waals surface area contributed by atoms with E-state index in [1.165, 1.54) is 5.39 Å². The number of hydrogen-bond donors (Lipinski definition) is 0. The van der Waals surface area contributed by atoms with Gasteiger partial charge in [0, 0.05) is 17.5 Å². The Morgan fingerprint density at radius 2 is 2.08 bits per heavy atom. The Balaban J connectivity index is 2.75. The Hall–Kier alpha value is -1.31. The van der Waals surface area contributed by atoms with E-state index in [2.05, 4.69) is 24.0 Å². The van der Waals surface area contributed by atoms with Crippen LogP contribution in [0.2, 0.25) is 0 Å². The number of fused-ring (bicyclic) bond motifs is 1. The molecule has 0 N–H and O–H groups in total. The second-order valence-corrected chi connectivity index (χ2v) is 3.33. The molecule has 2 aromatic rings. The number of aromatic nitrogens is 1. The van der Waals surface area contributed by atoms with E-state index in [9.17, 15) is 0 Å². The number of pyridine rings is 1. The molecule has 2 aromatic heterocycles. The zero-order valence-electron chi connectivity index (χ0n) is 8.22. The highest BCUT2D eigenvalue weighted by Gasteiger charge is 2.06. The predicted molar refractivity (Wildman–Crippen MR) is 52.9 cm³/mol. The fraction of sp³-hybridized carbons (Fsp3) is 0.364. The van der Waals surface area contributed by atoms with Gasteiger partial charge in [0.2, 0.25) is 0 Å². The first-order valence-corrected chi connectivity index (χ1v) is 4.57. The molecule has 0 spiro atoms. The van der Waals surface area contributed by atoms with Gasteiger partial charge in [-0.15, -0.1) is 0 Å². The zero-order chi connectivity index (χ0) is 9.42. The van der Waals surface area contributed by atoms with Gasteiger partial charge in [-0.3, -0.25) is 4.98 Å². The van der Waals surface area contributed by atoms with E-state index in [1.54, 1.807) is 0 Å². The average molecular weight is 175 g/mol. The maximum Gasteiger partial charge on any atom is 0.155 e. The molecular weight excluding hydrogens is 162 g/mol. The van der Waals surface area contributed by atoms with Crippen molar-refractivity contribution >= 4 is 11.0 Å². The van der Waals surface area contributed by atoms with Gasteiger partial charge in [0.15, 0.2) is 5.58 Å². The molecule has 0 saturated carbocycles. The summed E-state index contributed by atoms with van der Waals surface area (Å²) in [6.07, 6.45) is 0.938. The Kier molecular flexibility index (Phi) is 1.83. The summed E-state index contributed by atoms with van der Waals surface area (Å²) in [6.45, 7) is 6.08. The van der Waals surface area contributed by atoms with Gasteiger partial charge in [0.05, 0.1) is 5.69 Å². The van der Waals surface area contributed by atoms with Crippen LogP contribution in [-0.2, 0) is 6.42 Å². The molecule has 2 rings (SSSR count). The summed E-state index contributed by atoms with van der Waals surface area (Å²) >= 11 is 0. The molecule has 0 aliphatic rings. The average Bonchev–Trinajstić information content (AvgIpc) is 2.47. The van der Waals surface area contributed by atoms with Crippen molar-refractivity contribution in [2.24, 2.45) is 0 Å². The number of hydrogen-bond acceptors (Lipinski definition) is 2. The highest BCUT2D eigenvalue weighted by Crippen LogP contribution is 2.22. The summed E-state index contributed by atoms with van der Waals surface area (Å²) in [7, 11) is 0. The molecule has 0 radical (unpaired) electrons. The number of aryl methyl sites for hydroxylation is 3. The van der Waals surface area contributed by atoms with Gasteiger partial charge in [-0.25, -0.2) is 0 Å². The largest absolute Gasteiger partial charge is 0.459 e. The van der Waals surface area contributed by atoms with E-state index in [-0.39, 0.29) is 0 Å². The van der Waals surface area contributed by atoms with E-state index < -0.39 is 0 Å². The lowest BCUT2D eigenvalue weighted by atomic mass is 10.2. The first-order valence-electron chi connectivity index (χ1n) is 4.57. The van der Waals surface area contributed by atoms with Gasteiger partial charge < -0.3 is 4.42 Å². The Morgan fingerprint density at radius 1 is 1.31 bits per heavy atom. The number of rotatable bonds is 1. The molecule has 0 aliphatic carbocycles. The quantitative estimate of drug-likeness (QED) is 0.665. The van der Waals surface area contributed by atoms with Crippen LogP contribution in [0.15, 0.2) is 16.5 Å². The smallest absolute Gasteiger partial charge is 0.155 e. The molecule has 0 amide bonds. The van der Waals surface area contributed by atoms with Crippen molar-refractivity contribution in [3.05, 3.63) is 29.3 Å². The second-order valence-electron chi connectivity index (χ2n) is 3.33. The molecule has 2 heterocycles. The third kappa shape index (κ3) is 1.32. The van der Waals surface area contributed by atoms with Crippen LogP contribution in [0, 0.1) is 13.8 Å². The minimum Gasteiger partial charge on any atom is -0.459 e. The Morgan fingerprint density at radius 3 is 2.77 bits per heavy atom. The van der Waals surface area contributed by atoms with Crippen LogP contribution in [0.1, 0.15) is 24.1 Å². The summed E-state index contributed by atoms with van der Waals surface area (Å²) in [5, 5.41) is 1.17. The highest BCUT2D eigenvalue weighted by atomic mass is 16.3. The molecule has 68 valence electrons. The fourth-order valence-corrected chi connectivity index (χ4v) is 1.60. The third-order valence-electron chi connectivity index (χ3n) is 2.20. The van der Waals surface area contributed by atoms with E-state index in [4.69, 9.17) is 4.42 Å². The molecule has 2 nitrogen and oxygen atoms in total. The maximum atomic E-state index is 5.64. The first kappa shape index (κ1) is 8.30. The molecule has 0 aromatic carbocycles. The van der Waals surface area contributed by atoms with Gasteiger partial charge in [0.1, 0.15) is 5.76 Å². The Bertz CT molecular complexity index is 443. The van der Waals surface area contributed by atoms with Crippen molar-refractivity contribution in [3.63, 3.8) is 0 Å². The molecule has 0 aliphatic heterocycles. The van der Waals surface area contributed by atoms with Crippen LogP contribution in [0.25, 0.3) is 11.0 Å². The van der Waals surface area contributed by atoms with Crippen LogP contribution in [-0.4, -0.2) is 4.98 Å². The van der Waals surface area contributed by atoms with Crippen molar-refractivity contribution < 1.29 is 4.42 Å². The summed E-state index contributed by atoms with van der Waals surface area (Å²) < 4.78 is 5.64. The monoisotopic (exact) mass is 175 g/mol. The fourth-order valence-electron chi connectivity index (χ4n) is 1.60. The molecule has 13 heavy (non-hydrogen) atoms. The van der Waals surface area contributed by atoms with Crippen molar-refractivity contribution in [2.45, 2.75) is 27.2 Å². The van der Waals surface area contributed by atoms with Crippen LogP contribution in [0.5, 0.6) is 0 Å². The van der Waals surface area contributed by atoms with E-state index >= 15 is 0 Å². The van der Waals surface area contributed by atoms with Gasteiger partial charge in [-0.2, -0.15) is 0 Å². The maximum absolute atomic E-state index is 5.64. The van der Waals surface area contributed by atoms with Crippen LogP contribution in [0.4, 0.5) is 0 Å². The number of nitrogens with zero attached hydrogens (tertiary/aromatic N) is 1. The van der Waals surface area contributed by atoms with Gasteiger partial charge in [0.25, 0.3) is 0 Å². The minimum absolute atomic E-state index is 0.933. The van der Waals surface area contributed by atoms with Crippen molar-refractivity contribution in [1.29, 1.82) is 0 Å². The summed E-state index contributed by atoms with van der Waals surface area (Å²) in [6, 6.07) is 4.15. The lowest BCUT2D eigenvalue weighted by Gasteiger charge is -1.95. The predicted octanol–water partition coefficient (Wildman–Crippen LogP) is 3.01. The highest BCUT2D eigenvalue weighted by molar-refractivity contribution is 5.80. The topological polar surface area (TPSA) is 26.0 Å². The molecule has 0 fully saturated rings. The van der Waals surface area contributed by atoms with E-state index in [0.717, 1.165) is 29.2 Å². The normalized spacial score (nSPS) is 11.0. The molecule has 0 bridgehead atoms. The molecule has 0 unspecified atom stereocenters. The zero-order valence-corrected chi connectivity index (χ0v) is 8.22. The van der Waals surface area contributed by atoms with Crippen molar-refractivity contribution in [2.75, 3.05) is 0 Å². The molecular formula is C11H13NO. The van der Waals surface area contributed by atoms with Crippen LogP contribution in [0.3, 0.4) is 0 Å². The van der Waals surface area contributed by atoms with Gasteiger partial charge in [-0.1, -0.05) is 6.92 Å². The molecule has 0 saturated heterocycles. The van der Waals surface area contributed by atoms with E-state index in [0.29, 0.717) is 0 Å². The number of furan rings is 1. The summed E-state index contributed by atoms with van der Waals surface area (Å²) in [5.41, 5.74) is 2.96. The Labute approximate surface area is 77.6 Å². The lowest BCUT2D eigenvalue weighted by molar-refractivity contribution is 0.553. The van der Waals surface area contributed by atoms with Crippen molar-refractivity contribution in [1.82, 2.24) is 4.98 Å². The SMILES string of the molecule is CCc1cc2cc(C)nc(C)c2o1. The van der Waals surface area contributed by atoms with Crippen LogP contribution >= 0.6 is 0 Å². The minimum atomic E-state index is 0.933. The summed E-state index contributed by atoms with van der Waals surface area (Å²) in [4.78, 5) is 4.36. The lowest BCUT2D eigenvalue weighted by Crippen LogP contribution is -1.84. The first-order chi connectivity index (χ1) is 6.20. The third-order valence-corrected chi connectivity index (χ3v) is 2.20. The van der Waals surface area contributed by atoms with Crippen molar-refractivity contribution in [3.8, 4) is 0 Å². The van der Waals surface area contributed by atoms with Gasteiger partial charge in [-0.05, 0) is 26.0 Å². The second kappa shape index (κ2) is 2.87.